The summed E-state index contributed by atoms with van der Waals surface area (Å²) in [5.74, 6) is -0.841. The molecule has 0 spiro atoms. The van der Waals surface area contributed by atoms with Gasteiger partial charge in [0.05, 0.1) is 0 Å². The summed E-state index contributed by atoms with van der Waals surface area (Å²) in [6.45, 7) is 10.5. The second-order valence-electron chi connectivity index (χ2n) is 9.52. The van der Waals surface area contributed by atoms with Gasteiger partial charge in [0.15, 0.2) is 6.04 Å². The van der Waals surface area contributed by atoms with Crippen molar-refractivity contribution in [3.63, 3.8) is 0 Å². The first-order valence-electron chi connectivity index (χ1n) is 10.6. The molecule has 0 aliphatic heterocycles. The van der Waals surface area contributed by atoms with Crippen molar-refractivity contribution >= 4 is 29.7 Å². The van der Waals surface area contributed by atoms with E-state index in [0.29, 0.717) is 5.75 Å². The third-order valence-corrected chi connectivity index (χ3v) is 4.86. The van der Waals surface area contributed by atoms with Crippen LogP contribution in [-0.2, 0) is 14.3 Å². The van der Waals surface area contributed by atoms with E-state index < -0.39 is 41.1 Å². The van der Waals surface area contributed by atoms with Gasteiger partial charge in [0.25, 0.3) is 5.91 Å². The summed E-state index contributed by atoms with van der Waals surface area (Å²) in [5, 5.41) is 15.8. The van der Waals surface area contributed by atoms with E-state index >= 15 is 0 Å². The number of aromatic hydroxyl groups is 1. The fourth-order valence-electron chi connectivity index (χ4n) is 2.93. The van der Waals surface area contributed by atoms with Crippen LogP contribution in [0.25, 0.3) is 0 Å². The molecule has 182 valence electrons. The third kappa shape index (κ3) is 9.26. The van der Waals surface area contributed by atoms with Gasteiger partial charge < -0.3 is 20.5 Å². The molecule has 0 aromatic heterocycles. The van der Waals surface area contributed by atoms with Gasteiger partial charge in [-0.25, -0.2) is 4.79 Å². The van der Waals surface area contributed by atoms with E-state index in [4.69, 9.17) is 11.2 Å². The molecule has 8 nitrogen and oxygen atoms in total. The molecular weight excluding hydrogens is 442 g/mol. The zero-order chi connectivity index (χ0) is 25.4. The lowest BCUT2D eigenvalue weighted by Crippen LogP contribution is -2.53. The molecule has 33 heavy (non-hydrogen) atoms. The maximum absolute atomic E-state index is 13.5. The van der Waals surface area contributed by atoms with Gasteiger partial charge in [-0.2, -0.15) is 11.8 Å². The highest BCUT2D eigenvalue weighted by Crippen LogP contribution is 2.30. The van der Waals surface area contributed by atoms with Crippen LogP contribution in [0.15, 0.2) is 24.3 Å². The van der Waals surface area contributed by atoms with Gasteiger partial charge in [0, 0.05) is 17.1 Å². The zero-order valence-corrected chi connectivity index (χ0v) is 21.2. The molecular formula is C24H35N3O5S. The molecule has 0 aliphatic rings. The average Bonchev–Trinajstić information content (AvgIpc) is 2.66. The molecule has 2 atom stereocenters. The molecule has 0 aliphatic carbocycles. The second kappa shape index (κ2) is 11.8. The zero-order valence-electron chi connectivity index (χ0n) is 20.4. The number of hydrogen-bond donors (Lipinski definition) is 3. The van der Waals surface area contributed by atoms with E-state index in [2.05, 4.69) is 16.7 Å². The van der Waals surface area contributed by atoms with E-state index in [1.54, 1.807) is 53.7 Å². The number of para-hydroxylation sites is 1. The summed E-state index contributed by atoms with van der Waals surface area (Å²) in [7, 11) is 0. The highest BCUT2D eigenvalue weighted by atomic mass is 32.2. The van der Waals surface area contributed by atoms with Crippen LogP contribution in [0.5, 0.6) is 5.75 Å². The standard InChI is InChI=1S/C24H35N3O5S/c1-9-27(21(30)17(14-15-33-8)25-22(31)32-24(5,6)7)19(20(29)26-23(2,3)4)16-12-10-11-13-18(16)28/h1,10-13,17,19,28H,14-15H2,2-8H3,(H,25,31)(H,26,29). The number of nitrogens with zero attached hydrogens (tertiary/aromatic N) is 1. The number of phenols is 1. The van der Waals surface area contributed by atoms with Crippen molar-refractivity contribution < 1.29 is 24.2 Å². The van der Waals surface area contributed by atoms with Crippen molar-refractivity contribution in [2.75, 3.05) is 12.0 Å². The van der Waals surface area contributed by atoms with Gasteiger partial charge >= 0.3 is 6.09 Å². The van der Waals surface area contributed by atoms with Crippen molar-refractivity contribution in [1.82, 2.24) is 15.5 Å². The maximum atomic E-state index is 13.5. The summed E-state index contributed by atoms with van der Waals surface area (Å²) in [6, 6.07) is 6.13. The fraction of sp³-hybridized carbons (Fsp3) is 0.542. The molecule has 0 bridgehead atoms. The maximum Gasteiger partial charge on any atom is 0.408 e. The van der Waals surface area contributed by atoms with Crippen LogP contribution in [0.2, 0.25) is 0 Å². The Kier molecular flexibility index (Phi) is 10.1. The minimum Gasteiger partial charge on any atom is -0.508 e. The van der Waals surface area contributed by atoms with E-state index in [9.17, 15) is 19.5 Å². The number of terminal acetylenes is 1. The first-order valence-corrected chi connectivity index (χ1v) is 12.0. The van der Waals surface area contributed by atoms with Gasteiger partial charge in [-0.05, 0) is 66.0 Å². The predicted octanol–water partition coefficient (Wildman–Crippen LogP) is 3.41. The monoisotopic (exact) mass is 477 g/mol. The van der Waals surface area contributed by atoms with Crippen LogP contribution in [0, 0.1) is 12.5 Å². The van der Waals surface area contributed by atoms with E-state index in [0.717, 1.165) is 4.90 Å². The quantitative estimate of drug-likeness (QED) is 0.391. The Labute approximate surface area is 200 Å². The SMILES string of the molecule is C#CN(C(=O)C(CCSC)NC(=O)OC(C)(C)C)C(C(=O)NC(C)(C)C)c1ccccc1O. The third-order valence-electron chi connectivity index (χ3n) is 4.21. The Bertz CT molecular complexity index is 883. The summed E-state index contributed by atoms with van der Waals surface area (Å²) in [4.78, 5) is 40.1. The minimum atomic E-state index is -1.31. The topological polar surface area (TPSA) is 108 Å². The van der Waals surface area contributed by atoms with Gasteiger partial charge in [-0.15, -0.1) is 0 Å². The lowest BCUT2D eigenvalue weighted by atomic mass is 10.00. The minimum absolute atomic E-state index is 0.173. The molecule has 2 unspecified atom stereocenters. The van der Waals surface area contributed by atoms with Crippen LogP contribution in [0.3, 0.4) is 0 Å². The first-order chi connectivity index (χ1) is 15.2. The Hall–Kier alpha value is -2.86. The number of phenolic OH excluding ortho intramolecular Hbond substituents is 1. The molecule has 1 rings (SSSR count). The number of carbonyl (C=O) groups excluding carboxylic acids is 3. The number of rotatable bonds is 8. The van der Waals surface area contributed by atoms with Crippen LogP contribution in [-0.4, -0.2) is 57.1 Å². The highest BCUT2D eigenvalue weighted by molar-refractivity contribution is 7.98. The van der Waals surface area contributed by atoms with Crippen molar-refractivity contribution in [3.8, 4) is 18.2 Å². The molecule has 0 fully saturated rings. The van der Waals surface area contributed by atoms with Crippen molar-refractivity contribution in [2.24, 2.45) is 0 Å². The number of carbonyl (C=O) groups is 3. The second-order valence-corrected chi connectivity index (χ2v) is 10.5. The number of nitrogens with one attached hydrogen (secondary N) is 2. The van der Waals surface area contributed by atoms with Crippen LogP contribution in [0.4, 0.5) is 4.79 Å². The number of benzene rings is 1. The Morgan fingerprint density at radius 2 is 1.79 bits per heavy atom. The van der Waals surface area contributed by atoms with Crippen LogP contribution < -0.4 is 10.6 Å². The molecule has 3 N–H and O–H groups in total. The number of ether oxygens (including phenoxy) is 1. The Morgan fingerprint density at radius 1 is 1.18 bits per heavy atom. The Balaban J connectivity index is 3.39. The fourth-order valence-corrected chi connectivity index (χ4v) is 3.40. The van der Waals surface area contributed by atoms with Gasteiger partial charge in [0.2, 0.25) is 5.91 Å². The van der Waals surface area contributed by atoms with Crippen LogP contribution >= 0.6 is 11.8 Å². The normalized spacial score (nSPS) is 13.3. The summed E-state index contributed by atoms with van der Waals surface area (Å²) in [6.07, 6.45) is 7.08. The molecule has 1 aromatic carbocycles. The summed E-state index contributed by atoms with van der Waals surface area (Å²) >= 11 is 1.49. The number of alkyl carbamates (subject to hydrolysis) is 1. The molecule has 0 radical (unpaired) electrons. The van der Waals surface area contributed by atoms with E-state index in [1.165, 1.54) is 23.9 Å². The van der Waals surface area contributed by atoms with Crippen molar-refractivity contribution in [3.05, 3.63) is 29.8 Å². The lowest BCUT2D eigenvalue weighted by molar-refractivity contribution is -0.139. The summed E-state index contributed by atoms with van der Waals surface area (Å²) in [5.41, 5.74) is -1.20. The van der Waals surface area contributed by atoms with E-state index in [1.807, 2.05) is 6.26 Å². The molecule has 1 aromatic rings. The molecule has 0 heterocycles. The van der Waals surface area contributed by atoms with Crippen LogP contribution in [0.1, 0.15) is 59.6 Å². The van der Waals surface area contributed by atoms with Gasteiger partial charge in [-0.3, -0.25) is 14.5 Å². The van der Waals surface area contributed by atoms with Crippen molar-refractivity contribution in [1.29, 1.82) is 0 Å². The van der Waals surface area contributed by atoms with E-state index in [-0.39, 0.29) is 17.7 Å². The van der Waals surface area contributed by atoms with Gasteiger partial charge in [-0.1, -0.05) is 24.6 Å². The largest absolute Gasteiger partial charge is 0.508 e. The predicted molar refractivity (Wildman–Crippen MR) is 131 cm³/mol. The Morgan fingerprint density at radius 3 is 2.27 bits per heavy atom. The molecule has 0 saturated heterocycles. The molecule has 9 heteroatoms. The molecule has 0 saturated carbocycles. The highest BCUT2D eigenvalue weighted by Gasteiger charge is 2.37. The first kappa shape index (κ1) is 28.2. The smallest absolute Gasteiger partial charge is 0.408 e. The number of amides is 3. The summed E-state index contributed by atoms with van der Waals surface area (Å²) < 4.78 is 5.29. The average molecular weight is 478 g/mol. The van der Waals surface area contributed by atoms with Gasteiger partial charge in [0.1, 0.15) is 17.4 Å². The lowest BCUT2D eigenvalue weighted by Gasteiger charge is -2.32. The number of thioether (sulfide) groups is 1. The molecule has 3 amide bonds. The van der Waals surface area contributed by atoms with Crippen molar-refractivity contribution in [2.45, 2.75) is 71.2 Å². The number of hydrogen-bond acceptors (Lipinski definition) is 6.